The van der Waals surface area contributed by atoms with E-state index in [9.17, 15) is 4.79 Å². The average Bonchev–Trinajstić information content (AvgIpc) is 2.26. The zero-order valence-corrected chi connectivity index (χ0v) is 8.58. The van der Waals surface area contributed by atoms with Crippen molar-refractivity contribution in [1.29, 1.82) is 0 Å². The van der Waals surface area contributed by atoms with Gasteiger partial charge in [0, 0.05) is 5.69 Å². The molecule has 0 aliphatic carbocycles. The molecule has 0 aromatic heterocycles. The van der Waals surface area contributed by atoms with Gasteiger partial charge in [0.25, 0.3) is 0 Å². The molecule has 0 aliphatic heterocycles. The normalized spacial score (nSPS) is 9.29. The summed E-state index contributed by atoms with van der Waals surface area (Å²) in [7, 11) is 1.27. The predicted octanol–water partition coefficient (Wildman–Crippen LogP) is 2.23. The molecule has 0 amide bonds. The maximum atomic E-state index is 10.6. The fourth-order valence-corrected chi connectivity index (χ4v) is 1.03. The fourth-order valence-electron chi connectivity index (χ4n) is 0.877. The van der Waals surface area contributed by atoms with Crippen LogP contribution in [-0.4, -0.2) is 13.3 Å². The minimum atomic E-state index is -0.679. The van der Waals surface area contributed by atoms with Crippen LogP contribution in [0, 0.1) is 0 Å². The topological polar surface area (TPSA) is 47.6 Å². The lowest BCUT2D eigenvalue weighted by Crippen LogP contribution is -2.03. The first kappa shape index (κ1) is 10.7. The molecule has 4 nitrogen and oxygen atoms in total. The number of hydrogen-bond acceptors (Lipinski definition) is 5. The van der Waals surface area contributed by atoms with Gasteiger partial charge < -0.3 is 14.2 Å². The van der Waals surface area contributed by atoms with Crippen LogP contribution < -0.4 is 4.72 Å². The van der Waals surface area contributed by atoms with Crippen LogP contribution in [-0.2, 0) is 16.1 Å². The highest BCUT2D eigenvalue weighted by Crippen LogP contribution is 2.10. The second kappa shape index (κ2) is 5.39. The lowest BCUT2D eigenvalue weighted by molar-refractivity contribution is 0.0669. The summed E-state index contributed by atoms with van der Waals surface area (Å²) in [4.78, 5) is 10.6. The minimum absolute atomic E-state index is 0.208. The Morgan fingerprint density at radius 3 is 2.57 bits per heavy atom. The molecule has 0 fully saturated rings. The number of carbonyl (C=O) groups is 1. The molecule has 1 rings (SSSR count). The van der Waals surface area contributed by atoms with Crippen LogP contribution in [0.4, 0.5) is 10.5 Å². The van der Waals surface area contributed by atoms with Gasteiger partial charge in [0.2, 0.25) is 0 Å². The van der Waals surface area contributed by atoms with Crippen LogP contribution >= 0.6 is 12.8 Å². The van der Waals surface area contributed by atoms with Crippen molar-refractivity contribution in [1.82, 2.24) is 0 Å². The van der Waals surface area contributed by atoms with Gasteiger partial charge >= 0.3 is 6.16 Å². The van der Waals surface area contributed by atoms with Gasteiger partial charge in [0.15, 0.2) is 0 Å². The van der Waals surface area contributed by atoms with E-state index in [0.29, 0.717) is 0 Å². The lowest BCUT2D eigenvalue weighted by atomic mass is 10.2. The molecular formula is C9H11NO3S. The van der Waals surface area contributed by atoms with Gasteiger partial charge in [-0.3, -0.25) is 0 Å². The maximum absolute atomic E-state index is 10.6. The number of rotatable bonds is 3. The number of ether oxygens (including phenoxy) is 2. The SMILES string of the molecule is COC(=O)OCc1ccc(NS)cc1. The Bertz CT molecular complexity index is 299. The highest BCUT2D eigenvalue weighted by Gasteiger charge is 2.00. The first-order valence-electron chi connectivity index (χ1n) is 3.96. The summed E-state index contributed by atoms with van der Waals surface area (Å²) in [5.74, 6) is 0. The lowest BCUT2D eigenvalue weighted by Gasteiger charge is -2.04. The molecule has 0 saturated carbocycles. The number of anilines is 1. The third kappa shape index (κ3) is 3.18. The monoisotopic (exact) mass is 213 g/mol. The van der Waals surface area contributed by atoms with E-state index in [4.69, 9.17) is 4.74 Å². The number of benzene rings is 1. The zero-order chi connectivity index (χ0) is 10.4. The molecule has 76 valence electrons. The molecule has 0 saturated heterocycles. The van der Waals surface area contributed by atoms with Crippen molar-refractivity contribution in [3.05, 3.63) is 29.8 Å². The summed E-state index contributed by atoms with van der Waals surface area (Å²) in [5, 5.41) is 0. The summed E-state index contributed by atoms with van der Waals surface area (Å²) in [5.41, 5.74) is 1.78. The summed E-state index contributed by atoms with van der Waals surface area (Å²) in [6.45, 7) is 0.208. The van der Waals surface area contributed by atoms with Crippen molar-refractivity contribution in [3.63, 3.8) is 0 Å². The molecule has 0 bridgehead atoms. The van der Waals surface area contributed by atoms with Crippen LogP contribution in [0.3, 0.4) is 0 Å². The van der Waals surface area contributed by atoms with Crippen LogP contribution in [0.25, 0.3) is 0 Å². The Balaban J connectivity index is 2.47. The van der Waals surface area contributed by atoms with E-state index >= 15 is 0 Å². The molecular weight excluding hydrogens is 202 g/mol. The molecule has 5 heteroatoms. The van der Waals surface area contributed by atoms with Crippen LogP contribution in [0.5, 0.6) is 0 Å². The Hall–Kier alpha value is -1.36. The van der Waals surface area contributed by atoms with E-state index in [-0.39, 0.29) is 6.61 Å². The van der Waals surface area contributed by atoms with E-state index in [1.54, 1.807) is 0 Å². The van der Waals surface area contributed by atoms with Crippen LogP contribution in [0.2, 0.25) is 0 Å². The second-order valence-corrected chi connectivity index (χ2v) is 2.78. The van der Waals surface area contributed by atoms with Crippen molar-refractivity contribution < 1.29 is 14.3 Å². The maximum Gasteiger partial charge on any atom is 0.508 e. The van der Waals surface area contributed by atoms with Gasteiger partial charge in [-0.25, -0.2) is 4.79 Å². The average molecular weight is 213 g/mol. The quantitative estimate of drug-likeness (QED) is 0.597. The third-order valence-electron chi connectivity index (χ3n) is 1.61. The van der Waals surface area contributed by atoms with Gasteiger partial charge in [-0.1, -0.05) is 24.9 Å². The molecule has 0 aliphatic rings. The smallest absolute Gasteiger partial charge is 0.438 e. The zero-order valence-electron chi connectivity index (χ0n) is 7.69. The van der Waals surface area contributed by atoms with Gasteiger partial charge in [-0.05, 0) is 17.7 Å². The van der Waals surface area contributed by atoms with Crippen molar-refractivity contribution in [2.75, 3.05) is 11.8 Å². The van der Waals surface area contributed by atoms with Gasteiger partial charge in [0.1, 0.15) is 6.61 Å². The van der Waals surface area contributed by atoms with E-state index in [1.807, 2.05) is 24.3 Å². The van der Waals surface area contributed by atoms with Gasteiger partial charge in [0.05, 0.1) is 7.11 Å². The van der Waals surface area contributed by atoms with Crippen molar-refractivity contribution >= 4 is 24.7 Å². The van der Waals surface area contributed by atoms with E-state index in [0.717, 1.165) is 11.3 Å². The summed E-state index contributed by atoms with van der Waals surface area (Å²) in [6.07, 6.45) is -0.679. The highest BCUT2D eigenvalue weighted by atomic mass is 32.1. The standard InChI is InChI=1S/C9H11NO3S/c1-12-9(11)13-6-7-2-4-8(10-14)5-3-7/h2-5,10,14H,6H2,1H3. The molecule has 1 aromatic rings. The van der Waals surface area contributed by atoms with Gasteiger partial charge in [-0.15, -0.1) is 0 Å². The molecule has 1 N–H and O–H groups in total. The van der Waals surface area contributed by atoms with Crippen molar-refractivity contribution in [3.8, 4) is 0 Å². The highest BCUT2D eigenvalue weighted by molar-refractivity contribution is 7.81. The van der Waals surface area contributed by atoms with Crippen LogP contribution in [0.15, 0.2) is 24.3 Å². The Morgan fingerprint density at radius 1 is 1.43 bits per heavy atom. The summed E-state index contributed by atoms with van der Waals surface area (Å²) in [6, 6.07) is 7.34. The Kier molecular flexibility index (Phi) is 4.12. The number of hydrogen-bond donors (Lipinski definition) is 2. The fraction of sp³-hybridized carbons (Fsp3) is 0.222. The summed E-state index contributed by atoms with van der Waals surface area (Å²) >= 11 is 3.89. The first-order chi connectivity index (χ1) is 6.76. The largest absolute Gasteiger partial charge is 0.508 e. The molecule has 0 radical (unpaired) electrons. The second-order valence-electron chi connectivity index (χ2n) is 2.55. The number of thiol groups is 1. The van der Waals surface area contributed by atoms with Gasteiger partial charge in [-0.2, -0.15) is 0 Å². The summed E-state index contributed by atoms with van der Waals surface area (Å²) < 4.78 is 11.8. The number of methoxy groups -OCH3 is 1. The molecule has 0 heterocycles. The number of nitrogens with one attached hydrogen (secondary N) is 1. The van der Waals surface area contributed by atoms with E-state index < -0.39 is 6.16 Å². The van der Waals surface area contributed by atoms with Crippen LogP contribution in [0.1, 0.15) is 5.56 Å². The van der Waals surface area contributed by atoms with E-state index in [2.05, 4.69) is 22.3 Å². The predicted molar refractivity (Wildman–Crippen MR) is 56.2 cm³/mol. The Labute approximate surface area is 87.8 Å². The Morgan fingerprint density at radius 2 is 2.07 bits per heavy atom. The minimum Gasteiger partial charge on any atom is -0.438 e. The van der Waals surface area contributed by atoms with Crippen molar-refractivity contribution in [2.45, 2.75) is 6.61 Å². The van der Waals surface area contributed by atoms with E-state index in [1.165, 1.54) is 7.11 Å². The van der Waals surface area contributed by atoms with Crippen molar-refractivity contribution in [2.24, 2.45) is 0 Å². The molecule has 0 spiro atoms. The number of carbonyl (C=O) groups excluding carboxylic acids is 1. The molecule has 14 heavy (non-hydrogen) atoms. The molecule has 1 aromatic carbocycles. The molecule has 0 atom stereocenters. The first-order valence-corrected chi connectivity index (χ1v) is 4.41. The molecule has 0 unspecified atom stereocenters. The third-order valence-corrected chi connectivity index (χ3v) is 1.86.